The molecular formula is C37H28N2O5S. The molecule has 0 radical (unpaired) electrons. The van der Waals surface area contributed by atoms with Crippen LogP contribution in [0, 0.1) is 5.41 Å². The number of ether oxygens (including phenoxy) is 3. The molecule has 0 saturated heterocycles. The molecule has 0 unspecified atom stereocenters. The Hall–Kier alpha value is -4.82. The van der Waals surface area contributed by atoms with Crippen LogP contribution in [0.5, 0.6) is 0 Å². The van der Waals surface area contributed by atoms with Gasteiger partial charge in [-0.3, -0.25) is 4.79 Å². The molecule has 222 valence electrons. The highest BCUT2D eigenvalue weighted by Gasteiger charge is 2.53. The third kappa shape index (κ3) is 4.08. The maximum absolute atomic E-state index is 13.6. The number of nitrogens with zero attached hydrogens (tertiary/aromatic N) is 2. The van der Waals surface area contributed by atoms with Gasteiger partial charge in [0.1, 0.15) is 30.9 Å². The van der Waals surface area contributed by atoms with E-state index >= 15 is 0 Å². The lowest BCUT2D eigenvalue weighted by atomic mass is 9.90. The van der Waals surface area contributed by atoms with Gasteiger partial charge in [0.25, 0.3) is 0 Å². The van der Waals surface area contributed by atoms with Gasteiger partial charge in [-0.1, -0.05) is 60.7 Å². The summed E-state index contributed by atoms with van der Waals surface area (Å²) >= 11 is 1.48. The van der Waals surface area contributed by atoms with E-state index in [2.05, 4.69) is 24.3 Å². The third-order valence-corrected chi connectivity index (χ3v) is 10.7. The van der Waals surface area contributed by atoms with Crippen molar-refractivity contribution in [1.82, 2.24) is 0 Å². The minimum atomic E-state index is -1.02. The fourth-order valence-corrected chi connectivity index (χ4v) is 8.28. The Bertz CT molecular complexity index is 2110. The zero-order valence-corrected chi connectivity index (χ0v) is 25.3. The van der Waals surface area contributed by atoms with Gasteiger partial charge in [0.05, 0.1) is 5.56 Å². The minimum Gasteiger partial charge on any atom is -0.474 e. The molecule has 0 N–H and O–H groups in total. The number of hydrogen-bond acceptors (Lipinski definition) is 8. The number of benzene rings is 4. The zero-order valence-electron chi connectivity index (χ0n) is 24.4. The SMILES string of the molecule is CC(COC(=O)c1ccc2c(=O)c3ccccc3sc2c1)(C1=N[C@@H]2c3ccccc3C[C@@H]2O1)C1=N[C@@H]2c3ccccc3C[C@@H]2O1. The summed E-state index contributed by atoms with van der Waals surface area (Å²) in [5, 5.41) is 1.26. The van der Waals surface area contributed by atoms with Gasteiger partial charge in [-0.15, -0.1) is 11.3 Å². The van der Waals surface area contributed by atoms with Crippen LogP contribution in [0.15, 0.2) is 106 Å². The Kier molecular flexibility index (Phi) is 5.81. The van der Waals surface area contributed by atoms with Crippen LogP contribution in [0.3, 0.4) is 0 Å². The Morgan fingerprint density at radius 3 is 2.04 bits per heavy atom. The van der Waals surface area contributed by atoms with Crippen molar-refractivity contribution in [2.24, 2.45) is 15.4 Å². The average molecular weight is 613 g/mol. The van der Waals surface area contributed by atoms with Crippen LogP contribution in [-0.4, -0.2) is 36.6 Å². The molecule has 3 heterocycles. The molecule has 0 fully saturated rings. The van der Waals surface area contributed by atoms with E-state index < -0.39 is 11.4 Å². The van der Waals surface area contributed by atoms with Crippen molar-refractivity contribution in [3.8, 4) is 0 Å². The second kappa shape index (κ2) is 9.84. The fraction of sp³-hybridized carbons (Fsp3) is 0.243. The average Bonchev–Trinajstić information content (AvgIpc) is 3.83. The number of aliphatic imine (C=N–C) groups is 2. The van der Waals surface area contributed by atoms with Crippen molar-refractivity contribution < 1.29 is 19.0 Å². The predicted molar refractivity (Wildman–Crippen MR) is 174 cm³/mol. The number of hydrogen-bond donors (Lipinski definition) is 0. The fourth-order valence-electron chi connectivity index (χ4n) is 7.17. The molecule has 4 aliphatic rings. The van der Waals surface area contributed by atoms with Crippen molar-refractivity contribution in [3.05, 3.63) is 129 Å². The van der Waals surface area contributed by atoms with Crippen molar-refractivity contribution in [2.75, 3.05) is 6.61 Å². The number of rotatable bonds is 5. The lowest BCUT2D eigenvalue weighted by Gasteiger charge is -2.29. The van der Waals surface area contributed by atoms with E-state index in [9.17, 15) is 9.59 Å². The molecule has 8 heteroatoms. The summed E-state index contributed by atoms with van der Waals surface area (Å²) in [6.45, 7) is 1.88. The molecule has 4 aromatic carbocycles. The monoisotopic (exact) mass is 612 g/mol. The summed E-state index contributed by atoms with van der Waals surface area (Å²) < 4.78 is 20.7. The van der Waals surface area contributed by atoms with E-state index in [0.717, 1.165) is 22.2 Å². The normalized spacial score (nSPS) is 22.6. The van der Waals surface area contributed by atoms with Crippen LogP contribution in [0.1, 0.15) is 51.6 Å². The van der Waals surface area contributed by atoms with E-state index in [1.807, 2.05) is 55.5 Å². The van der Waals surface area contributed by atoms with Crippen molar-refractivity contribution in [2.45, 2.75) is 44.1 Å². The molecule has 0 spiro atoms. The number of fused-ring (bicyclic) bond motifs is 8. The lowest BCUT2D eigenvalue weighted by Crippen LogP contribution is -2.43. The van der Waals surface area contributed by atoms with Gasteiger partial charge >= 0.3 is 5.97 Å². The standard InChI is InChI=1S/C37H28N2O5S/c1-37(35-38-31-23-10-4-2-8-20(23)16-27(31)43-35,36-39-32-24-11-5-3-9-21(24)17-28(32)44-36)19-42-34(41)22-14-15-26-30(18-22)45-29-13-7-6-12-25(29)33(26)40/h2-15,18,27-28,31-32H,16-17,19H2,1H3/t27-,28-,31+,32+/m0/s1. The third-order valence-electron chi connectivity index (χ3n) is 9.58. The molecule has 0 saturated carbocycles. The summed E-state index contributed by atoms with van der Waals surface area (Å²) in [7, 11) is 0. The maximum Gasteiger partial charge on any atom is 0.338 e. The van der Waals surface area contributed by atoms with E-state index in [4.69, 9.17) is 24.2 Å². The van der Waals surface area contributed by atoms with Crippen LogP contribution in [0.2, 0.25) is 0 Å². The summed E-state index contributed by atoms with van der Waals surface area (Å²) in [6, 6.07) is 29.0. The van der Waals surface area contributed by atoms with Gasteiger partial charge in [0.2, 0.25) is 11.8 Å². The lowest BCUT2D eigenvalue weighted by molar-refractivity contribution is 0.0408. The highest BCUT2D eigenvalue weighted by Crippen LogP contribution is 2.47. The minimum absolute atomic E-state index is 0.0427. The maximum atomic E-state index is 13.6. The van der Waals surface area contributed by atoms with Gasteiger partial charge in [0.15, 0.2) is 10.8 Å². The van der Waals surface area contributed by atoms with Gasteiger partial charge < -0.3 is 14.2 Å². The second-order valence-electron chi connectivity index (χ2n) is 12.4. The van der Waals surface area contributed by atoms with Crippen molar-refractivity contribution >= 4 is 49.3 Å². The predicted octanol–water partition coefficient (Wildman–Crippen LogP) is 6.77. The number of esters is 1. The molecule has 5 aromatic rings. The first-order chi connectivity index (χ1) is 22.0. The summed E-state index contributed by atoms with van der Waals surface area (Å²) in [4.78, 5) is 36.8. The number of carbonyl (C=O) groups excluding carboxylic acids is 1. The first-order valence-electron chi connectivity index (χ1n) is 15.2. The second-order valence-corrected chi connectivity index (χ2v) is 13.5. The van der Waals surface area contributed by atoms with Crippen molar-refractivity contribution in [3.63, 3.8) is 0 Å². The van der Waals surface area contributed by atoms with Gasteiger partial charge in [-0.05, 0) is 59.5 Å². The molecule has 4 atom stereocenters. The quantitative estimate of drug-likeness (QED) is 0.162. The van der Waals surface area contributed by atoms with Crippen LogP contribution >= 0.6 is 11.3 Å². The molecule has 45 heavy (non-hydrogen) atoms. The first-order valence-corrected chi connectivity index (χ1v) is 16.1. The van der Waals surface area contributed by atoms with Gasteiger partial charge in [0, 0.05) is 33.0 Å². The highest BCUT2D eigenvalue weighted by molar-refractivity contribution is 7.24. The van der Waals surface area contributed by atoms with Crippen LogP contribution in [-0.2, 0) is 27.1 Å². The van der Waals surface area contributed by atoms with E-state index in [0.29, 0.717) is 28.1 Å². The molecular weight excluding hydrogens is 584 g/mol. The Balaban J connectivity index is 1.05. The Morgan fingerprint density at radius 2 is 1.38 bits per heavy atom. The van der Waals surface area contributed by atoms with Gasteiger partial charge in [-0.2, -0.15) is 0 Å². The molecule has 1 aromatic heterocycles. The highest BCUT2D eigenvalue weighted by atomic mass is 32.1. The van der Waals surface area contributed by atoms with Crippen LogP contribution in [0.4, 0.5) is 0 Å². The largest absolute Gasteiger partial charge is 0.474 e. The first kappa shape index (κ1) is 26.6. The van der Waals surface area contributed by atoms with Crippen LogP contribution in [0.25, 0.3) is 20.2 Å². The molecule has 9 rings (SSSR count). The number of carbonyl (C=O) groups is 1. The van der Waals surface area contributed by atoms with E-state index in [1.165, 1.54) is 33.6 Å². The Labute approximate surface area is 262 Å². The molecule has 0 bridgehead atoms. The van der Waals surface area contributed by atoms with Crippen molar-refractivity contribution in [1.29, 1.82) is 0 Å². The summed E-state index contributed by atoms with van der Waals surface area (Å²) in [5.41, 5.74) is 4.13. The summed E-state index contributed by atoms with van der Waals surface area (Å²) in [5.74, 6) is 0.467. The topological polar surface area (TPSA) is 86.6 Å². The smallest absolute Gasteiger partial charge is 0.338 e. The Morgan fingerprint density at radius 1 is 0.800 bits per heavy atom. The molecule has 0 amide bonds. The summed E-state index contributed by atoms with van der Waals surface area (Å²) in [6.07, 6.45) is 1.30. The van der Waals surface area contributed by atoms with Crippen LogP contribution < -0.4 is 5.43 Å². The zero-order chi connectivity index (χ0) is 30.3. The van der Waals surface area contributed by atoms with E-state index in [1.54, 1.807) is 18.2 Å². The molecule has 2 aliphatic heterocycles. The van der Waals surface area contributed by atoms with Gasteiger partial charge in [-0.25, -0.2) is 14.8 Å². The molecule has 2 aliphatic carbocycles. The molecule has 7 nitrogen and oxygen atoms in total. The van der Waals surface area contributed by atoms with E-state index in [-0.39, 0.29) is 36.3 Å².